The lowest BCUT2D eigenvalue weighted by atomic mass is 10.1. The molecule has 4 heteroatoms. The van der Waals surface area contributed by atoms with Crippen LogP contribution in [0.4, 0.5) is 0 Å². The summed E-state index contributed by atoms with van der Waals surface area (Å²) in [5.41, 5.74) is 1.22. The molecule has 0 radical (unpaired) electrons. The van der Waals surface area contributed by atoms with Crippen LogP contribution in [0.2, 0.25) is 0 Å². The zero-order chi connectivity index (χ0) is 12.1. The summed E-state index contributed by atoms with van der Waals surface area (Å²) in [7, 11) is 2.00. The first kappa shape index (κ1) is 12.2. The summed E-state index contributed by atoms with van der Waals surface area (Å²) < 4.78 is 2.02. The van der Waals surface area contributed by atoms with Crippen molar-refractivity contribution in [2.45, 2.75) is 25.8 Å². The zero-order valence-electron chi connectivity index (χ0n) is 10.5. The Hall–Kier alpha value is -1.29. The van der Waals surface area contributed by atoms with E-state index >= 15 is 0 Å². The lowest BCUT2D eigenvalue weighted by Gasteiger charge is -2.26. The molecule has 0 atom stereocenters. The molecule has 1 aromatic rings. The van der Waals surface area contributed by atoms with Gasteiger partial charge in [0.25, 0.3) is 0 Å². The molecule has 0 saturated carbocycles. The molecular formula is C13H21N3O. The van der Waals surface area contributed by atoms with Crippen molar-refractivity contribution in [3.8, 4) is 0 Å². The average Bonchev–Trinajstić information content (AvgIpc) is 2.76. The Labute approximate surface area is 103 Å². The minimum absolute atomic E-state index is 0.237. The van der Waals surface area contributed by atoms with Crippen molar-refractivity contribution < 1.29 is 4.79 Å². The molecule has 2 heterocycles. The van der Waals surface area contributed by atoms with E-state index in [0.29, 0.717) is 6.54 Å². The third-order valence-electron chi connectivity index (χ3n) is 3.21. The molecule has 1 N–H and O–H groups in total. The molecule has 94 valence electrons. The Morgan fingerprint density at radius 1 is 1.35 bits per heavy atom. The summed E-state index contributed by atoms with van der Waals surface area (Å²) >= 11 is 0. The number of amides is 1. The van der Waals surface area contributed by atoms with Crippen molar-refractivity contribution >= 4 is 5.91 Å². The Morgan fingerprint density at radius 2 is 2.12 bits per heavy atom. The highest BCUT2D eigenvalue weighted by molar-refractivity contribution is 5.78. The van der Waals surface area contributed by atoms with Gasteiger partial charge in [0.1, 0.15) is 0 Å². The number of nitrogens with zero attached hydrogens (tertiary/aromatic N) is 2. The van der Waals surface area contributed by atoms with Gasteiger partial charge in [0.15, 0.2) is 0 Å². The number of rotatable bonds is 4. The maximum Gasteiger partial charge on any atom is 0.236 e. The lowest BCUT2D eigenvalue weighted by Crippen LogP contribution is -2.40. The molecule has 0 aromatic carbocycles. The molecule has 1 aromatic heterocycles. The number of likely N-dealkylation sites (tertiary alicyclic amines) is 1. The normalized spacial score (nSPS) is 16.2. The minimum atomic E-state index is 0.237. The van der Waals surface area contributed by atoms with Crippen LogP contribution in [-0.4, -0.2) is 35.0 Å². The van der Waals surface area contributed by atoms with E-state index in [4.69, 9.17) is 0 Å². The molecule has 0 bridgehead atoms. The first-order valence-corrected chi connectivity index (χ1v) is 6.35. The highest BCUT2D eigenvalue weighted by Crippen LogP contribution is 2.08. The smallest absolute Gasteiger partial charge is 0.236 e. The summed E-state index contributed by atoms with van der Waals surface area (Å²) in [4.78, 5) is 13.8. The maximum absolute atomic E-state index is 11.9. The van der Waals surface area contributed by atoms with Crippen LogP contribution < -0.4 is 5.32 Å². The van der Waals surface area contributed by atoms with Gasteiger partial charge in [0.2, 0.25) is 5.91 Å². The van der Waals surface area contributed by atoms with Crippen LogP contribution in [0.1, 0.15) is 24.8 Å². The zero-order valence-corrected chi connectivity index (χ0v) is 10.5. The molecule has 0 unspecified atom stereocenters. The Morgan fingerprint density at radius 3 is 2.76 bits per heavy atom. The molecule has 1 amide bonds. The summed E-state index contributed by atoms with van der Waals surface area (Å²) in [6, 6.07) is 2.07. The van der Waals surface area contributed by atoms with Crippen molar-refractivity contribution in [2.75, 3.05) is 19.6 Å². The van der Waals surface area contributed by atoms with Crippen LogP contribution in [0.5, 0.6) is 0 Å². The Bertz CT molecular complexity index is 366. The van der Waals surface area contributed by atoms with Crippen molar-refractivity contribution in [3.05, 3.63) is 24.0 Å². The number of carbonyl (C=O) groups excluding carboxylic acids is 1. The lowest BCUT2D eigenvalue weighted by molar-refractivity contribution is -0.131. The largest absolute Gasteiger partial charge is 0.357 e. The molecule has 1 aliphatic heterocycles. The molecular weight excluding hydrogens is 214 g/mol. The monoisotopic (exact) mass is 235 g/mol. The van der Waals surface area contributed by atoms with Gasteiger partial charge in [-0.25, -0.2) is 0 Å². The van der Waals surface area contributed by atoms with Gasteiger partial charge in [-0.3, -0.25) is 4.79 Å². The van der Waals surface area contributed by atoms with Crippen LogP contribution in [0.3, 0.4) is 0 Å². The summed E-state index contributed by atoms with van der Waals surface area (Å²) in [6.45, 7) is 3.09. The number of aryl methyl sites for hydroxylation is 1. The van der Waals surface area contributed by atoms with Crippen LogP contribution in [0.15, 0.2) is 18.5 Å². The first-order valence-electron chi connectivity index (χ1n) is 6.35. The predicted molar refractivity (Wildman–Crippen MR) is 67.6 cm³/mol. The third kappa shape index (κ3) is 3.60. The van der Waals surface area contributed by atoms with E-state index < -0.39 is 0 Å². The minimum Gasteiger partial charge on any atom is -0.357 e. The van der Waals surface area contributed by atoms with Crippen molar-refractivity contribution in [1.29, 1.82) is 0 Å². The molecule has 4 nitrogen and oxygen atoms in total. The van der Waals surface area contributed by atoms with E-state index in [1.165, 1.54) is 12.0 Å². The number of hydrogen-bond acceptors (Lipinski definition) is 2. The average molecular weight is 235 g/mol. The molecule has 0 spiro atoms. The van der Waals surface area contributed by atoms with Gasteiger partial charge in [-0.2, -0.15) is 0 Å². The summed E-state index contributed by atoms with van der Waals surface area (Å²) in [6.07, 6.45) is 7.66. The molecule has 1 saturated heterocycles. The summed E-state index contributed by atoms with van der Waals surface area (Å²) in [5.74, 6) is 0.237. The quantitative estimate of drug-likeness (QED) is 0.849. The molecule has 2 rings (SSSR count). The molecule has 1 aliphatic rings. The fourth-order valence-electron chi connectivity index (χ4n) is 2.23. The first-order chi connectivity index (χ1) is 8.25. The van der Waals surface area contributed by atoms with Crippen molar-refractivity contribution in [1.82, 2.24) is 14.8 Å². The van der Waals surface area contributed by atoms with Crippen LogP contribution in [0.25, 0.3) is 0 Å². The van der Waals surface area contributed by atoms with Crippen LogP contribution in [0, 0.1) is 0 Å². The number of carbonyl (C=O) groups is 1. The van der Waals surface area contributed by atoms with E-state index in [2.05, 4.69) is 17.6 Å². The molecule has 17 heavy (non-hydrogen) atoms. The second kappa shape index (κ2) is 5.87. The van der Waals surface area contributed by atoms with Crippen LogP contribution in [-0.2, 0) is 18.4 Å². The SMILES string of the molecule is Cn1ccc(CNCC(=O)N2CCCCC2)c1. The highest BCUT2D eigenvalue weighted by Gasteiger charge is 2.15. The number of nitrogens with one attached hydrogen (secondary N) is 1. The maximum atomic E-state index is 11.9. The second-order valence-corrected chi connectivity index (χ2v) is 4.73. The topological polar surface area (TPSA) is 37.3 Å². The van der Waals surface area contributed by atoms with Gasteiger partial charge in [0, 0.05) is 39.1 Å². The predicted octanol–water partition coefficient (Wildman–Crippen LogP) is 1.13. The van der Waals surface area contributed by atoms with Crippen LogP contribution >= 0.6 is 0 Å². The highest BCUT2D eigenvalue weighted by atomic mass is 16.2. The Kier molecular flexibility index (Phi) is 4.20. The third-order valence-corrected chi connectivity index (χ3v) is 3.21. The standard InChI is InChI=1S/C13H21N3O/c1-15-8-5-12(11-15)9-14-10-13(17)16-6-3-2-4-7-16/h5,8,11,14H,2-4,6-7,9-10H2,1H3. The number of piperidine rings is 1. The van der Waals surface area contributed by atoms with Gasteiger partial charge >= 0.3 is 0 Å². The van der Waals surface area contributed by atoms with E-state index in [1.54, 1.807) is 0 Å². The van der Waals surface area contributed by atoms with Gasteiger partial charge in [-0.1, -0.05) is 0 Å². The van der Waals surface area contributed by atoms with Gasteiger partial charge in [0.05, 0.1) is 6.54 Å². The van der Waals surface area contributed by atoms with Gasteiger partial charge < -0.3 is 14.8 Å². The van der Waals surface area contributed by atoms with Crippen molar-refractivity contribution in [2.24, 2.45) is 7.05 Å². The Balaban J connectivity index is 1.69. The number of hydrogen-bond donors (Lipinski definition) is 1. The number of aromatic nitrogens is 1. The molecule has 1 fully saturated rings. The van der Waals surface area contributed by atoms with E-state index in [-0.39, 0.29) is 5.91 Å². The van der Waals surface area contributed by atoms with Gasteiger partial charge in [-0.05, 0) is 30.9 Å². The van der Waals surface area contributed by atoms with Gasteiger partial charge in [-0.15, -0.1) is 0 Å². The van der Waals surface area contributed by atoms with E-state index in [0.717, 1.165) is 32.5 Å². The van der Waals surface area contributed by atoms with Crippen molar-refractivity contribution in [3.63, 3.8) is 0 Å². The van der Waals surface area contributed by atoms with E-state index in [1.807, 2.05) is 22.7 Å². The summed E-state index contributed by atoms with van der Waals surface area (Å²) in [5, 5.41) is 3.21. The fraction of sp³-hybridized carbons (Fsp3) is 0.615. The molecule has 0 aliphatic carbocycles. The van der Waals surface area contributed by atoms with E-state index in [9.17, 15) is 4.79 Å². The second-order valence-electron chi connectivity index (χ2n) is 4.73. The fourth-order valence-corrected chi connectivity index (χ4v) is 2.23.